The summed E-state index contributed by atoms with van der Waals surface area (Å²) in [4.78, 5) is 23.7. The molecule has 1 aliphatic rings. The molecule has 0 bridgehead atoms. The van der Waals surface area contributed by atoms with Gasteiger partial charge in [-0.05, 0) is 24.3 Å². The molecular weight excluding hydrogens is 382 g/mol. The van der Waals surface area contributed by atoms with Gasteiger partial charge in [0.15, 0.2) is 5.82 Å². The first kappa shape index (κ1) is 16.8. The minimum Gasteiger partial charge on any atom is -0.337 e. The monoisotopic (exact) mass is 399 g/mol. The molecule has 1 aliphatic carbocycles. The van der Waals surface area contributed by atoms with Crippen LogP contribution in [0.4, 0.5) is 0 Å². The third-order valence-corrected chi connectivity index (χ3v) is 6.85. The zero-order chi connectivity index (χ0) is 18.4. The molecule has 4 heterocycles. The van der Waals surface area contributed by atoms with E-state index < -0.39 is 5.54 Å². The lowest BCUT2D eigenvalue weighted by molar-refractivity contribution is 0.343. The maximum Gasteiger partial charge on any atom is 0.263 e. The van der Waals surface area contributed by atoms with Crippen LogP contribution in [0.25, 0.3) is 20.7 Å². The molecular formula is C18H17N5O2S2. The second kappa shape index (κ2) is 6.36. The van der Waals surface area contributed by atoms with Gasteiger partial charge in [0.25, 0.3) is 5.56 Å². The fourth-order valence-corrected chi connectivity index (χ4v) is 5.31. The molecule has 0 radical (unpaired) electrons. The molecule has 7 nitrogen and oxygen atoms in total. The second-order valence-electron chi connectivity index (χ2n) is 6.86. The van der Waals surface area contributed by atoms with E-state index >= 15 is 0 Å². The molecule has 0 unspecified atom stereocenters. The van der Waals surface area contributed by atoms with Crippen molar-refractivity contribution in [2.24, 2.45) is 5.73 Å². The zero-order valence-electron chi connectivity index (χ0n) is 14.4. The van der Waals surface area contributed by atoms with Gasteiger partial charge in [-0.1, -0.05) is 24.1 Å². The third-order valence-electron chi connectivity index (χ3n) is 5.06. The Bertz CT molecular complexity index is 1150. The van der Waals surface area contributed by atoms with Crippen molar-refractivity contribution in [2.45, 2.75) is 37.8 Å². The molecule has 4 aromatic heterocycles. The van der Waals surface area contributed by atoms with Crippen molar-refractivity contribution in [3.05, 3.63) is 51.3 Å². The van der Waals surface area contributed by atoms with Crippen LogP contribution in [-0.4, -0.2) is 19.7 Å². The Morgan fingerprint density at radius 1 is 1.30 bits per heavy atom. The predicted molar refractivity (Wildman–Crippen MR) is 105 cm³/mol. The maximum atomic E-state index is 13.1. The molecule has 138 valence electrons. The fourth-order valence-electron chi connectivity index (χ4n) is 3.59. The number of hydrogen-bond donors (Lipinski definition) is 1. The van der Waals surface area contributed by atoms with Crippen molar-refractivity contribution < 1.29 is 4.52 Å². The number of hydrogen-bond acceptors (Lipinski definition) is 8. The van der Waals surface area contributed by atoms with Crippen molar-refractivity contribution >= 4 is 32.9 Å². The molecule has 5 rings (SSSR count). The van der Waals surface area contributed by atoms with E-state index in [0.717, 1.165) is 41.0 Å². The van der Waals surface area contributed by atoms with Crippen LogP contribution >= 0.6 is 22.7 Å². The lowest BCUT2D eigenvalue weighted by atomic mass is 9.99. The van der Waals surface area contributed by atoms with E-state index in [2.05, 4.69) is 15.1 Å². The molecule has 0 spiro atoms. The van der Waals surface area contributed by atoms with Crippen LogP contribution in [-0.2, 0) is 12.1 Å². The first-order valence-corrected chi connectivity index (χ1v) is 10.5. The van der Waals surface area contributed by atoms with Gasteiger partial charge in [-0.15, -0.1) is 22.7 Å². The average molecular weight is 400 g/mol. The topological polar surface area (TPSA) is 99.8 Å². The van der Waals surface area contributed by atoms with Gasteiger partial charge >= 0.3 is 0 Å². The van der Waals surface area contributed by atoms with Crippen LogP contribution in [0.1, 0.15) is 37.4 Å². The van der Waals surface area contributed by atoms with Crippen LogP contribution in [0.2, 0.25) is 0 Å². The molecule has 1 saturated carbocycles. The predicted octanol–water partition coefficient (Wildman–Crippen LogP) is 3.35. The van der Waals surface area contributed by atoms with Crippen molar-refractivity contribution in [3.8, 4) is 10.4 Å². The summed E-state index contributed by atoms with van der Waals surface area (Å²) in [5.74, 6) is 0.907. The lowest BCUT2D eigenvalue weighted by Crippen LogP contribution is -2.34. The van der Waals surface area contributed by atoms with Gasteiger partial charge in [0.2, 0.25) is 5.89 Å². The smallest absolute Gasteiger partial charge is 0.263 e. The highest BCUT2D eigenvalue weighted by molar-refractivity contribution is 7.18. The van der Waals surface area contributed by atoms with Crippen molar-refractivity contribution in [1.82, 2.24) is 19.7 Å². The highest BCUT2D eigenvalue weighted by atomic mass is 32.1. The Hall–Kier alpha value is -2.36. The lowest BCUT2D eigenvalue weighted by Gasteiger charge is -2.17. The Labute approximate surface area is 162 Å². The molecule has 9 heteroatoms. The van der Waals surface area contributed by atoms with E-state index in [1.165, 1.54) is 22.2 Å². The van der Waals surface area contributed by atoms with Gasteiger partial charge in [0.1, 0.15) is 11.4 Å². The Morgan fingerprint density at radius 3 is 2.93 bits per heavy atom. The zero-order valence-corrected chi connectivity index (χ0v) is 16.1. The molecule has 0 aliphatic heterocycles. The average Bonchev–Trinajstić information content (AvgIpc) is 3.44. The standard InChI is InChI=1S/C18H17N5O2S2/c19-18(5-1-2-6-18)17-21-13(25-22-17)8-23-10-20-15-14(16(23)24)11(9-27-15)12-4-3-7-26-12/h3-4,7,9-10H,1-2,5-6,8,19H2. The van der Waals surface area contributed by atoms with Gasteiger partial charge < -0.3 is 10.3 Å². The molecule has 27 heavy (non-hydrogen) atoms. The van der Waals surface area contributed by atoms with E-state index in [1.807, 2.05) is 22.9 Å². The number of aromatic nitrogens is 4. The summed E-state index contributed by atoms with van der Waals surface area (Å²) in [5, 5.41) is 8.68. The van der Waals surface area contributed by atoms with Gasteiger partial charge in [-0.2, -0.15) is 4.98 Å². The highest BCUT2D eigenvalue weighted by Gasteiger charge is 2.36. The summed E-state index contributed by atoms with van der Waals surface area (Å²) in [6.07, 6.45) is 5.40. The number of nitrogens with zero attached hydrogens (tertiary/aromatic N) is 4. The molecule has 1 fully saturated rings. The Kier molecular flexibility index (Phi) is 3.96. The van der Waals surface area contributed by atoms with Gasteiger partial charge in [-0.3, -0.25) is 9.36 Å². The SMILES string of the molecule is NC1(c2noc(Cn3cnc4scc(-c5cccs5)c4c3=O)n2)CCCC1. The van der Waals surface area contributed by atoms with E-state index in [9.17, 15) is 4.79 Å². The molecule has 2 N–H and O–H groups in total. The van der Waals surface area contributed by atoms with E-state index in [1.54, 1.807) is 11.3 Å². The summed E-state index contributed by atoms with van der Waals surface area (Å²) in [6.45, 7) is 0.185. The molecule has 0 aromatic carbocycles. The molecule has 0 saturated heterocycles. The van der Waals surface area contributed by atoms with E-state index in [-0.39, 0.29) is 12.1 Å². The first-order valence-electron chi connectivity index (χ1n) is 8.76. The van der Waals surface area contributed by atoms with Crippen molar-refractivity contribution in [1.29, 1.82) is 0 Å². The van der Waals surface area contributed by atoms with E-state index in [0.29, 0.717) is 17.1 Å². The summed E-state index contributed by atoms with van der Waals surface area (Å²) < 4.78 is 6.89. The summed E-state index contributed by atoms with van der Waals surface area (Å²) in [7, 11) is 0. The molecule has 0 amide bonds. The van der Waals surface area contributed by atoms with Gasteiger partial charge in [0, 0.05) is 15.8 Å². The summed E-state index contributed by atoms with van der Waals surface area (Å²) in [6, 6.07) is 3.99. The molecule has 4 aromatic rings. The number of thiophene rings is 2. The normalized spacial score (nSPS) is 16.3. The maximum absolute atomic E-state index is 13.1. The number of fused-ring (bicyclic) bond motifs is 1. The van der Waals surface area contributed by atoms with E-state index in [4.69, 9.17) is 10.3 Å². The first-order chi connectivity index (χ1) is 13.1. The quantitative estimate of drug-likeness (QED) is 0.565. The number of nitrogens with two attached hydrogens (primary N) is 1. The van der Waals surface area contributed by atoms with Crippen molar-refractivity contribution in [3.63, 3.8) is 0 Å². The van der Waals surface area contributed by atoms with Crippen LogP contribution in [0.5, 0.6) is 0 Å². The van der Waals surface area contributed by atoms with Crippen molar-refractivity contribution in [2.75, 3.05) is 0 Å². The van der Waals surface area contributed by atoms with Gasteiger partial charge in [0.05, 0.1) is 17.3 Å². The third kappa shape index (κ3) is 2.82. The number of rotatable bonds is 4. The molecule has 0 atom stereocenters. The minimum absolute atomic E-state index is 0.104. The van der Waals surface area contributed by atoms with Crippen LogP contribution < -0.4 is 11.3 Å². The largest absolute Gasteiger partial charge is 0.337 e. The second-order valence-corrected chi connectivity index (χ2v) is 8.67. The van der Waals surface area contributed by atoms with Crippen LogP contribution in [0, 0.1) is 0 Å². The Morgan fingerprint density at radius 2 is 2.15 bits per heavy atom. The van der Waals surface area contributed by atoms with Crippen LogP contribution in [0.15, 0.2) is 38.5 Å². The van der Waals surface area contributed by atoms with Gasteiger partial charge in [-0.25, -0.2) is 4.98 Å². The fraction of sp³-hybridized carbons (Fsp3) is 0.333. The Balaban J connectivity index is 1.51. The highest BCUT2D eigenvalue weighted by Crippen LogP contribution is 2.35. The summed E-state index contributed by atoms with van der Waals surface area (Å²) in [5.41, 5.74) is 6.70. The summed E-state index contributed by atoms with van der Waals surface area (Å²) >= 11 is 3.08. The minimum atomic E-state index is -0.505. The van der Waals surface area contributed by atoms with Crippen LogP contribution in [0.3, 0.4) is 0 Å².